The minimum Gasteiger partial charge on any atom is -0.492 e. The van der Waals surface area contributed by atoms with Crippen LogP contribution in [0.15, 0.2) is 58.3 Å². The molecular weight excluding hydrogens is 414 g/mol. The molecule has 1 N–H and O–H groups in total. The molecule has 6 nitrogen and oxygen atoms in total. The van der Waals surface area contributed by atoms with E-state index in [0.29, 0.717) is 25.3 Å². The van der Waals surface area contributed by atoms with Gasteiger partial charge in [0.15, 0.2) is 6.10 Å². The van der Waals surface area contributed by atoms with E-state index in [9.17, 15) is 9.90 Å². The lowest BCUT2D eigenvalue weighted by molar-refractivity contribution is -0.148. The van der Waals surface area contributed by atoms with Crippen molar-refractivity contribution in [2.45, 2.75) is 25.9 Å². The number of aliphatic carboxylic acids is 1. The van der Waals surface area contributed by atoms with Gasteiger partial charge < -0.3 is 19.0 Å². The summed E-state index contributed by atoms with van der Waals surface area (Å²) >= 11 is 1.57. The summed E-state index contributed by atoms with van der Waals surface area (Å²) in [6.07, 6.45) is 0.0604. The molecule has 0 radical (unpaired) electrons. The van der Waals surface area contributed by atoms with E-state index in [1.165, 1.54) is 7.11 Å². The predicted octanol–water partition coefficient (Wildman–Crippen LogP) is 5.13. The molecule has 0 fully saturated rings. The topological polar surface area (TPSA) is 81.8 Å². The van der Waals surface area contributed by atoms with E-state index in [1.54, 1.807) is 11.3 Å². The number of methoxy groups -OCH3 is 1. The van der Waals surface area contributed by atoms with Crippen molar-refractivity contribution in [1.29, 1.82) is 0 Å². The second-order valence-corrected chi connectivity index (χ2v) is 8.06. The highest BCUT2D eigenvalue weighted by atomic mass is 32.1. The molecule has 2 aromatic heterocycles. The molecule has 2 heterocycles. The average Bonchev–Trinajstić information content (AvgIpc) is 3.41. The second-order valence-electron chi connectivity index (χ2n) is 7.14. The Morgan fingerprint density at radius 2 is 2.00 bits per heavy atom. The first-order valence-electron chi connectivity index (χ1n) is 9.96. The quantitative estimate of drug-likeness (QED) is 0.391. The number of hydrogen-bond acceptors (Lipinski definition) is 6. The van der Waals surface area contributed by atoms with Crippen molar-refractivity contribution in [1.82, 2.24) is 4.98 Å². The maximum atomic E-state index is 11.3. The normalized spacial score (nSPS) is 12.2. The minimum absolute atomic E-state index is 0.305. The lowest BCUT2D eigenvalue weighted by atomic mass is 10.0. The van der Waals surface area contributed by atoms with E-state index in [0.717, 1.165) is 38.4 Å². The Morgan fingerprint density at radius 1 is 1.19 bits per heavy atom. The number of aryl methyl sites for hydroxylation is 1. The fourth-order valence-electron chi connectivity index (χ4n) is 3.48. The smallest absolute Gasteiger partial charge is 0.333 e. The molecule has 160 valence electrons. The van der Waals surface area contributed by atoms with E-state index in [-0.39, 0.29) is 0 Å². The number of carboxylic acids is 1. The van der Waals surface area contributed by atoms with Crippen molar-refractivity contribution in [3.63, 3.8) is 0 Å². The van der Waals surface area contributed by atoms with Gasteiger partial charge in [0.25, 0.3) is 0 Å². The summed E-state index contributed by atoms with van der Waals surface area (Å²) in [5.74, 6) is 1.22. The molecule has 31 heavy (non-hydrogen) atoms. The molecule has 0 aliphatic heterocycles. The highest BCUT2D eigenvalue weighted by Gasteiger charge is 2.19. The summed E-state index contributed by atoms with van der Waals surface area (Å²) < 4.78 is 18.0. The second kappa shape index (κ2) is 9.32. The molecule has 2 aromatic carbocycles. The van der Waals surface area contributed by atoms with Gasteiger partial charge >= 0.3 is 5.97 Å². The standard InChI is InChI=1S/C24H23NO5S/c1-15-19(25-23(30-15)16-6-4-3-5-7-16)10-12-29-20-9-8-17(14-21(28-2)24(26)27)18-11-13-31-22(18)20/h3-9,11,13,21H,10,12,14H2,1-2H3,(H,26,27). The summed E-state index contributed by atoms with van der Waals surface area (Å²) in [7, 11) is 1.41. The van der Waals surface area contributed by atoms with Gasteiger partial charge in [-0.15, -0.1) is 11.3 Å². The Morgan fingerprint density at radius 3 is 2.74 bits per heavy atom. The van der Waals surface area contributed by atoms with Crippen LogP contribution in [-0.4, -0.2) is 35.9 Å². The number of nitrogens with zero attached hydrogens (tertiary/aromatic N) is 1. The number of carbonyl (C=O) groups is 1. The fourth-order valence-corrected chi connectivity index (χ4v) is 4.39. The molecule has 0 aliphatic carbocycles. The summed E-state index contributed by atoms with van der Waals surface area (Å²) in [4.78, 5) is 15.9. The molecule has 4 rings (SSSR count). The fraction of sp³-hybridized carbons (Fsp3) is 0.250. The van der Waals surface area contributed by atoms with E-state index in [1.807, 2.05) is 60.8 Å². The van der Waals surface area contributed by atoms with E-state index < -0.39 is 12.1 Å². The number of oxazole rings is 1. The number of ether oxygens (including phenoxy) is 2. The molecule has 0 spiro atoms. The Kier molecular flexibility index (Phi) is 6.34. The molecule has 0 saturated heterocycles. The van der Waals surface area contributed by atoms with Gasteiger partial charge in [0.1, 0.15) is 11.5 Å². The minimum atomic E-state index is -0.968. The van der Waals surface area contributed by atoms with Crippen LogP contribution in [-0.2, 0) is 22.4 Å². The molecule has 4 aromatic rings. The van der Waals surface area contributed by atoms with E-state index in [2.05, 4.69) is 4.98 Å². The van der Waals surface area contributed by atoms with Gasteiger partial charge in [-0.1, -0.05) is 24.3 Å². The van der Waals surface area contributed by atoms with Crippen LogP contribution in [0, 0.1) is 6.92 Å². The van der Waals surface area contributed by atoms with Gasteiger partial charge in [-0.05, 0) is 47.5 Å². The molecule has 0 aliphatic rings. The monoisotopic (exact) mass is 437 g/mol. The van der Waals surface area contributed by atoms with Crippen molar-refractivity contribution < 1.29 is 23.8 Å². The number of aromatic nitrogens is 1. The van der Waals surface area contributed by atoms with Crippen LogP contribution in [0.5, 0.6) is 5.75 Å². The van der Waals surface area contributed by atoms with Crippen LogP contribution in [0.4, 0.5) is 0 Å². The summed E-state index contributed by atoms with van der Waals surface area (Å²) in [6.45, 7) is 2.37. The van der Waals surface area contributed by atoms with E-state index >= 15 is 0 Å². The summed E-state index contributed by atoms with van der Waals surface area (Å²) in [5, 5.41) is 12.3. The lowest BCUT2D eigenvalue weighted by Crippen LogP contribution is -2.24. The highest BCUT2D eigenvalue weighted by molar-refractivity contribution is 7.17. The third-order valence-electron chi connectivity index (χ3n) is 5.15. The molecule has 0 saturated carbocycles. The van der Waals surface area contributed by atoms with Crippen molar-refractivity contribution >= 4 is 27.4 Å². The van der Waals surface area contributed by atoms with Crippen LogP contribution in [0.2, 0.25) is 0 Å². The van der Waals surface area contributed by atoms with Gasteiger partial charge in [0.05, 0.1) is 17.0 Å². The van der Waals surface area contributed by atoms with Gasteiger partial charge in [-0.2, -0.15) is 0 Å². The Labute approximate surface area is 184 Å². The predicted molar refractivity (Wildman–Crippen MR) is 120 cm³/mol. The zero-order valence-electron chi connectivity index (χ0n) is 17.3. The molecule has 1 unspecified atom stereocenters. The van der Waals surface area contributed by atoms with Crippen LogP contribution in [0.1, 0.15) is 17.0 Å². The molecular formula is C24H23NO5S. The largest absolute Gasteiger partial charge is 0.492 e. The van der Waals surface area contributed by atoms with Crippen molar-refractivity contribution in [2.75, 3.05) is 13.7 Å². The first-order chi connectivity index (χ1) is 15.1. The molecule has 1 atom stereocenters. The van der Waals surface area contributed by atoms with E-state index in [4.69, 9.17) is 13.9 Å². The first-order valence-corrected chi connectivity index (χ1v) is 10.8. The third kappa shape index (κ3) is 4.62. The first kappa shape index (κ1) is 21.1. The molecule has 0 amide bonds. The van der Waals surface area contributed by atoms with Gasteiger partial charge in [0, 0.05) is 25.5 Å². The summed E-state index contributed by atoms with van der Waals surface area (Å²) in [6, 6.07) is 15.6. The number of rotatable bonds is 9. The number of benzene rings is 2. The zero-order chi connectivity index (χ0) is 21.8. The van der Waals surface area contributed by atoms with Crippen LogP contribution in [0.3, 0.4) is 0 Å². The van der Waals surface area contributed by atoms with Gasteiger partial charge in [-0.25, -0.2) is 9.78 Å². The summed E-state index contributed by atoms with van der Waals surface area (Å²) in [5.41, 5.74) is 2.75. The Hall–Kier alpha value is -3.16. The van der Waals surface area contributed by atoms with Gasteiger partial charge in [-0.3, -0.25) is 0 Å². The third-order valence-corrected chi connectivity index (χ3v) is 6.07. The van der Waals surface area contributed by atoms with Crippen molar-refractivity contribution in [3.8, 4) is 17.2 Å². The maximum Gasteiger partial charge on any atom is 0.333 e. The van der Waals surface area contributed by atoms with Crippen LogP contribution in [0.25, 0.3) is 21.5 Å². The number of thiophene rings is 1. The highest BCUT2D eigenvalue weighted by Crippen LogP contribution is 2.34. The molecule has 7 heteroatoms. The SMILES string of the molecule is COC(Cc1ccc(OCCc2nc(-c3ccccc3)oc2C)c2sccc12)C(=O)O. The van der Waals surface area contributed by atoms with Crippen molar-refractivity contribution in [2.24, 2.45) is 0 Å². The number of carboxylic acid groups (broad SMARTS) is 1. The van der Waals surface area contributed by atoms with Gasteiger partial charge in [0.2, 0.25) is 5.89 Å². The van der Waals surface area contributed by atoms with Crippen LogP contribution < -0.4 is 4.74 Å². The lowest BCUT2D eigenvalue weighted by Gasteiger charge is -2.13. The Bertz CT molecular complexity index is 1180. The van der Waals surface area contributed by atoms with Crippen LogP contribution >= 0.6 is 11.3 Å². The maximum absolute atomic E-state index is 11.3. The number of hydrogen-bond donors (Lipinski definition) is 1. The number of fused-ring (bicyclic) bond motifs is 1. The Balaban J connectivity index is 1.46. The average molecular weight is 438 g/mol. The van der Waals surface area contributed by atoms with Crippen molar-refractivity contribution in [3.05, 3.63) is 70.9 Å². The molecule has 0 bridgehead atoms. The zero-order valence-corrected chi connectivity index (χ0v) is 18.1.